The molecule has 34 heavy (non-hydrogen) atoms. The van der Waals surface area contributed by atoms with Gasteiger partial charge in [-0.05, 0) is 35.7 Å². The van der Waals surface area contributed by atoms with Crippen molar-refractivity contribution in [1.82, 2.24) is 15.8 Å². The van der Waals surface area contributed by atoms with Crippen molar-refractivity contribution in [2.75, 3.05) is 6.61 Å². The third-order valence-electron chi connectivity index (χ3n) is 5.16. The van der Waals surface area contributed by atoms with Crippen molar-refractivity contribution in [2.45, 2.75) is 20.0 Å². The van der Waals surface area contributed by atoms with E-state index < -0.39 is 11.8 Å². The van der Waals surface area contributed by atoms with Crippen LogP contribution in [0.5, 0.6) is 5.75 Å². The Morgan fingerprint density at radius 3 is 1.91 bits per heavy atom. The predicted octanol–water partition coefficient (Wildman–Crippen LogP) is 4.60. The zero-order valence-corrected chi connectivity index (χ0v) is 18.8. The average Bonchev–Trinajstić information content (AvgIpc) is 3.33. The highest BCUT2D eigenvalue weighted by molar-refractivity contribution is 6.06. The Kier molecular flexibility index (Phi) is 7.35. The Balaban J connectivity index is 1.60. The van der Waals surface area contributed by atoms with Crippen molar-refractivity contribution < 1.29 is 18.8 Å². The van der Waals surface area contributed by atoms with Crippen LogP contribution in [0, 0.1) is 0 Å². The molecule has 0 aliphatic carbocycles. The molecule has 0 atom stereocenters. The van der Waals surface area contributed by atoms with Crippen LogP contribution in [0.15, 0.2) is 89.5 Å². The monoisotopic (exact) mass is 455 g/mol. The van der Waals surface area contributed by atoms with E-state index in [1.54, 1.807) is 24.3 Å². The fourth-order valence-electron chi connectivity index (χ4n) is 3.47. The summed E-state index contributed by atoms with van der Waals surface area (Å²) < 4.78 is 10.9. The van der Waals surface area contributed by atoms with Crippen LogP contribution in [0.4, 0.5) is 0 Å². The van der Waals surface area contributed by atoms with Gasteiger partial charge in [0.25, 0.3) is 11.8 Å². The van der Waals surface area contributed by atoms with Crippen molar-refractivity contribution in [3.05, 3.63) is 108 Å². The van der Waals surface area contributed by atoms with E-state index in [2.05, 4.69) is 15.8 Å². The third kappa shape index (κ3) is 5.50. The van der Waals surface area contributed by atoms with E-state index in [9.17, 15) is 9.59 Å². The Labute approximate surface area is 197 Å². The van der Waals surface area contributed by atoms with E-state index in [1.165, 1.54) is 0 Å². The second-order valence-electron chi connectivity index (χ2n) is 7.53. The van der Waals surface area contributed by atoms with Gasteiger partial charge in [0.2, 0.25) is 5.76 Å². The first-order chi connectivity index (χ1) is 16.7. The summed E-state index contributed by atoms with van der Waals surface area (Å²) in [5, 5.41) is 9.65. The molecule has 7 nitrogen and oxygen atoms in total. The van der Waals surface area contributed by atoms with Gasteiger partial charge in [0.05, 0.1) is 12.2 Å². The average molecular weight is 456 g/mol. The maximum absolute atomic E-state index is 13.0. The lowest BCUT2D eigenvalue weighted by molar-refractivity contribution is 0.0906. The van der Waals surface area contributed by atoms with Gasteiger partial charge in [-0.2, -0.15) is 0 Å². The van der Waals surface area contributed by atoms with Crippen LogP contribution in [0.25, 0.3) is 11.1 Å². The quantitative estimate of drug-likeness (QED) is 0.385. The summed E-state index contributed by atoms with van der Waals surface area (Å²) in [5.74, 6) is -0.223. The van der Waals surface area contributed by atoms with Gasteiger partial charge >= 0.3 is 0 Å². The smallest absolute Gasteiger partial charge is 0.290 e. The fourth-order valence-corrected chi connectivity index (χ4v) is 3.47. The van der Waals surface area contributed by atoms with Crippen molar-refractivity contribution in [2.24, 2.45) is 0 Å². The SMILES string of the molecule is CCOc1ccc(-c2c(C(=O)NCc3ccccc3)noc2C(=O)NCc2ccccc2)cc1. The van der Waals surface area contributed by atoms with Gasteiger partial charge in [0.1, 0.15) is 5.75 Å². The van der Waals surface area contributed by atoms with Crippen LogP contribution in [0.3, 0.4) is 0 Å². The molecule has 0 aliphatic heterocycles. The van der Waals surface area contributed by atoms with E-state index in [1.807, 2.05) is 67.6 Å². The highest BCUT2D eigenvalue weighted by Crippen LogP contribution is 2.30. The standard InChI is InChI=1S/C27H25N3O4/c1-2-33-22-15-13-21(14-16-22)23-24(26(31)28-17-19-9-5-3-6-10-19)30-34-25(23)27(32)29-18-20-11-7-4-8-12-20/h3-16H,2,17-18H2,1H3,(H,28,31)(H,29,32). The van der Waals surface area contributed by atoms with E-state index >= 15 is 0 Å². The second-order valence-corrected chi connectivity index (χ2v) is 7.53. The molecule has 0 fully saturated rings. The first kappa shape index (κ1) is 22.8. The molecule has 0 aliphatic rings. The first-order valence-electron chi connectivity index (χ1n) is 11.0. The molecule has 1 heterocycles. The summed E-state index contributed by atoms with van der Waals surface area (Å²) in [6.07, 6.45) is 0. The lowest BCUT2D eigenvalue weighted by Crippen LogP contribution is -2.25. The third-order valence-corrected chi connectivity index (χ3v) is 5.16. The Hall–Kier alpha value is -4.39. The van der Waals surface area contributed by atoms with Gasteiger partial charge in [-0.25, -0.2) is 0 Å². The van der Waals surface area contributed by atoms with E-state index in [0.717, 1.165) is 11.1 Å². The second kappa shape index (κ2) is 11.0. The summed E-state index contributed by atoms with van der Waals surface area (Å²) in [4.78, 5) is 26.0. The Morgan fingerprint density at radius 2 is 1.35 bits per heavy atom. The van der Waals surface area contributed by atoms with Crippen LogP contribution < -0.4 is 15.4 Å². The Bertz CT molecular complexity index is 1160. The maximum Gasteiger partial charge on any atom is 0.290 e. The molecule has 0 bridgehead atoms. The minimum absolute atomic E-state index is 0.0232. The molecule has 2 N–H and O–H groups in total. The molecule has 0 radical (unpaired) electrons. The number of hydrogen-bond acceptors (Lipinski definition) is 5. The van der Waals surface area contributed by atoms with Gasteiger partial charge in [-0.1, -0.05) is 78.0 Å². The summed E-state index contributed by atoms with van der Waals surface area (Å²) in [5.41, 5.74) is 2.89. The zero-order valence-electron chi connectivity index (χ0n) is 18.8. The molecule has 7 heteroatoms. The molecule has 0 saturated carbocycles. The fraction of sp³-hybridized carbons (Fsp3) is 0.148. The van der Waals surface area contributed by atoms with Gasteiger partial charge in [-0.15, -0.1) is 0 Å². The summed E-state index contributed by atoms with van der Waals surface area (Å²) in [6.45, 7) is 3.08. The molecule has 0 saturated heterocycles. The highest BCUT2D eigenvalue weighted by atomic mass is 16.5. The largest absolute Gasteiger partial charge is 0.494 e. The highest BCUT2D eigenvalue weighted by Gasteiger charge is 2.27. The molecule has 3 aromatic carbocycles. The number of nitrogens with one attached hydrogen (secondary N) is 2. The van der Waals surface area contributed by atoms with Crippen LogP contribution in [0.1, 0.15) is 39.1 Å². The lowest BCUT2D eigenvalue weighted by Gasteiger charge is -2.08. The van der Waals surface area contributed by atoms with Crippen LogP contribution >= 0.6 is 0 Å². The van der Waals surface area contributed by atoms with Crippen molar-refractivity contribution in [1.29, 1.82) is 0 Å². The molecular formula is C27H25N3O4. The van der Waals surface area contributed by atoms with Gasteiger partial charge in [-0.3, -0.25) is 9.59 Å². The lowest BCUT2D eigenvalue weighted by atomic mass is 10.0. The molecule has 1 aromatic heterocycles. The van der Waals surface area contributed by atoms with Crippen LogP contribution in [0.2, 0.25) is 0 Å². The minimum Gasteiger partial charge on any atom is -0.494 e. The number of benzene rings is 3. The number of rotatable bonds is 9. The minimum atomic E-state index is -0.456. The molecule has 2 amide bonds. The van der Waals surface area contributed by atoms with Crippen LogP contribution in [-0.2, 0) is 13.1 Å². The number of hydrogen-bond donors (Lipinski definition) is 2. The van der Waals surface area contributed by atoms with Crippen molar-refractivity contribution in [3.8, 4) is 16.9 Å². The topological polar surface area (TPSA) is 93.5 Å². The van der Waals surface area contributed by atoms with E-state index in [-0.39, 0.29) is 11.5 Å². The number of amides is 2. The number of carbonyl (C=O) groups is 2. The molecule has 0 unspecified atom stereocenters. The van der Waals surface area contributed by atoms with Gasteiger partial charge in [0.15, 0.2) is 5.69 Å². The molecule has 0 spiro atoms. The Morgan fingerprint density at radius 1 is 0.794 bits per heavy atom. The number of carbonyl (C=O) groups excluding carboxylic acids is 2. The maximum atomic E-state index is 13.0. The predicted molar refractivity (Wildman–Crippen MR) is 128 cm³/mol. The molecule has 4 rings (SSSR count). The normalized spacial score (nSPS) is 10.5. The van der Waals surface area contributed by atoms with Crippen molar-refractivity contribution >= 4 is 11.8 Å². The zero-order chi connectivity index (χ0) is 23.8. The van der Waals surface area contributed by atoms with E-state index in [0.29, 0.717) is 36.6 Å². The first-order valence-corrected chi connectivity index (χ1v) is 11.0. The number of ether oxygens (including phenoxy) is 1. The summed E-state index contributed by atoms with van der Waals surface area (Å²) in [7, 11) is 0. The molecule has 4 aromatic rings. The van der Waals surface area contributed by atoms with Crippen molar-refractivity contribution in [3.63, 3.8) is 0 Å². The van der Waals surface area contributed by atoms with Gasteiger partial charge in [0, 0.05) is 13.1 Å². The number of nitrogens with zero attached hydrogens (tertiary/aromatic N) is 1. The molecular weight excluding hydrogens is 430 g/mol. The van der Waals surface area contributed by atoms with Gasteiger partial charge < -0.3 is 19.9 Å². The summed E-state index contributed by atoms with van der Waals surface area (Å²) >= 11 is 0. The number of aromatic nitrogens is 1. The van der Waals surface area contributed by atoms with E-state index in [4.69, 9.17) is 9.26 Å². The summed E-state index contributed by atoms with van der Waals surface area (Å²) in [6, 6.07) is 26.2. The van der Waals surface area contributed by atoms with Crippen LogP contribution in [-0.4, -0.2) is 23.6 Å². The molecule has 172 valence electrons.